The Morgan fingerprint density at radius 2 is 0.792 bits per heavy atom. The van der Waals surface area contributed by atoms with E-state index in [4.69, 9.17) is 47.3 Å². The zero-order chi connectivity index (χ0) is 100. The molecule has 0 radical (unpaired) electrons. The van der Waals surface area contributed by atoms with Gasteiger partial charge in [0.25, 0.3) is 0 Å². The molecule has 6 N–H and O–H groups in total. The predicted molar refractivity (Wildman–Crippen MR) is 549 cm³/mol. The van der Waals surface area contributed by atoms with Gasteiger partial charge >= 0.3 is 6.18 Å². The van der Waals surface area contributed by atoms with Crippen LogP contribution in [0.4, 0.5) is 13.2 Å². The van der Waals surface area contributed by atoms with Crippen molar-refractivity contribution in [2.45, 2.75) is 179 Å². The molecule has 0 unspecified atom stereocenters. The number of nitrogens with one attached hydrogen (secondary N) is 6. The molecule has 4 fully saturated rings. The lowest BCUT2D eigenvalue weighted by atomic mass is 9.91. The Labute approximate surface area is 822 Å². The number of benzene rings is 7. The Kier molecular flexibility index (Phi) is 23.2. The number of hydrogen-bond donors (Lipinski definition) is 6. The van der Waals surface area contributed by atoms with E-state index in [-0.39, 0.29) is 16.6 Å². The lowest BCUT2D eigenvalue weighted by Gasteiger charge is -2.23. The van der Waals surface area contributed by atoms with E-state index in [1.54, 1.807) is 37.5 Å². The van der Waals surface area contributed by atoms with E-state index in [1.807, 2.05) is 139 Å². The number of imidazole rings is 5. The van der Waals surface area contributed by atoms with Crippen molar-refractivity contribution in [1.29, 1.82) is 0 Å². The molecular weight excluding hydrogens is 1820 g/mol. The molecule has 1 aliphatic heterocycles. The van der Waals surface area contributed by atoms with Crippen molar-refractivity contribution >= 4 is 77.0 Å². The summed E-state index contributed by atoms with van der Waals surface area (Å²) in [6.45, 7) is 32.7. The second-order valence-electron chi connectivity index (χ2n) is 38.7. The molecule has 144 heavy (non-hydrogen) atoms. The summed E-state index contributed by atoms with van der Waals surface area (Å²) < 4.78 is 77.0. The fourth-order valence-corrected chi connectivity index (χ4v) is 20.8. The van der Waals surface area contributed by atoms with Gasteiger partial charge in [-0.1, -0.05) is 50.0 Å². The van der Waals surface area contributed by atoms with Gasteiger partial charge in [0, 0.05) is 151 Å². The number of aryl methyl sites for hydroxylation is 18. The Bertz CT molecular complexity index is 8930. The van der Waals surface area contributed by atoms with Crippen LogP contribution < -0.4 is 11.1 Å². The van der Waals surface area contributed by atoms with Crippen LogP contribution in [0.3, 0.4) is 0 Å². The number of nitrogens with zero attached hydrogens (tertiary/aromatic N) is 15. The lowest BCUT2D eigenvalue weighted by Crippen LogP contribution is -2.26. The van der Waals surface area contributed by atoms with E-state index < -0.39 is 12.0 Å². The monoisotopic (exact) mass is 1930 g/mol. The van der Waals surface area contributed by atoms with E-state index >= 15 is 0 Å². The number of halogens is 3. The molecule has 29 nitrogen and oxygen atoms in total. The number of rotatable bonds is 14. The van der Waals surface area contributed by atoms with Crippen LogP contribution in [0.25, 0.3) is 188 Å². The number of pyridine rings is 4. The maximum Gasteiger partial charge on any atom is 0.449 e. The first-order chi connectivity index (χ1) is 69.2. The molecule has 22 aromatic rings. The Morgan fingerprint density at radius 1 is 0.361 bits per heavy atom. The fourth-order valence-electron chi connectivity index (χ4n) is 20.8. The van der Waals surface area contributed by atoms with E-state index in [1.165, 1.54) is 57.0 Å². The number of aromatic nitrogens is 21. The van der Waals surface area contributed by atoms with Gasteiger partial charge < -0.3 is 61.4 Å². The van der Waals surface area contributed by atoms with Crippen LogP contribution in [0.5, 0.6) is 0 Å². The first-order valence-electron chi connectivity index (χ1n) is 48.3. The maximum atomic E-state index is 13.7. The molecule has 7 aromatic carbocycles. The van der Waals surface area contributed by atoms with Crippen LogP contribution in [0, 0.1) is 111 Å². The third-order valence-corrected chi connectivity index (χ3v) is 28.3. The van der Waals surface area contributed by atoms with Crippen LogP contribution in [0.2, 0.25) is 0 Å². The second-order valence-corrected chi connectivity index (χ2v) is 38.7. The first kappa shape index (κ1) is 92.6. The van der Waals surface area contributed by atoms with Crippen LogP contribution in [-0.4, -0.2) is 118 Å². The van der Waals surface area contributed by atoms with Gasteiger partial charge in [-0.3, -0.25) is 24.7 Å². The van der Waals surface area contributed by atoms with Crippen molar-refractivity contribution in [3.8, 4) is 111 Å². The molecule has 15 aromatic heterocycles. The molecule has 3 saturated carbocycles. The van der Waals surface area contributed by atoms with Crippen molar-refractivity contribution in [3.63, 3.8) is 0 Å². The number of ether oxygens (including phenoxy) is 1. The molecular formula is C112H104F3N21O8. The summed E-state index contributed by atoms with van der Waals surface area (Å²) in [5, 5.41) is 30.0. The van der Waals surface area contributed by atoms with Crippen molar-refractivity contribution < 1.29 is 40.5 Å². The Balaban J connectivity index is 0.000000103. The van der Waals surface area contributed by atoms with Crippen molar-refractivity contribution in [2.24, 2.45) is 14.1 Å². The van der Waals surface area contributed by atoms with Crippen LogP contribution in [-0.2, 0) is 25.0 Å². The van der Waals surface area contributed by atoms with Crippen LogP contribution in [0.15, 0.2) is 178 Å². The first-order valence-corrected chi connectivity index (χ1v) is 48.3. The van der Waals surface area contributed by atoms with E-state index in [9.17, 15) is 22.8 Å². The normalized spacial score (nSPS) is 13.8. The van der Waals surface area contributed by atoms with E-state index in [2.05, 4.69) is 168 Å². The summed E-state index contributed by atoms with van der Waals surface area (Å²) in [7, 11) is 3.52. The zero-order valence-electron chi connectivity index (χ0n) is 82.9. The molecule has 4 aliphatic rings. The minimum atomic E-state index is -4.58. The quantitative estimate of drug-likeness (QED) is 0.0589. The number of alkyl halides is 3. The third-order valence-electron chi connectivity index (χ3n) is 28.3. The Hall–Kier alpha value is -16.4. The van der Waals surface area contributed by atoms with Gasteiger partial charge in [-0.2, -0.15) is 18.3 Å². The predicted octanol–water partition coefficient (Wildman–Crippen LogP) is 25.3. The molecule has 3 aliphatic carbocycles. The summed E-state index contributed by atoms with van der Waals surface area (Å²) in [6, 6.07) is 41.8. The topological polar surface area (TPSA) is 381 Å². The highest BCUT2D eigenvalue weighted by Gasteiger charge is 2.39. The molecule has 26 rings (SSSR count). The molecule has 0 atom stereocenters. The van der Waals surface area contributed by atoms with Gasteiger partial charge in [-0.25, -0.2) is 24.9 Å². The summed E-state index contributed by atoms with van der Waals surface area (Å²) >= 11 is 0. The molecule has 0 spiro atoms. The zero-order valence-corrected chi connectivity index (χ0v) is 82.9. The molecule has 1 saturated heterocycles. The summed E-state index contributed by atoms with van der Waals surface area (Å²) in [6.07, 6.45) is 7.88. The maximum absolute atomic E-state index is 13.7. The number of hydrogen-bond acceptors (Lipinski definition) is 21. The average Bonchev–Trinajstić information content (AvgIpc) is 1.60. The van der Waals surface area contributed by atoms with Gasteiger partial charge in [-0.05, 0) is 301 Å². The number of aromatic amines is 6. The number of fused-ring (bicyclic) bond motifs is 7. The molecule has 32 heteroatoms. The largest absolute Gasteiger partial charge is 0.449 e. The SMILES string of the molecule is Cc1c[nH]c(=O)cc1-c1cc(-c2c(C)noc2C)cc2[nH]c(C3CC3)nc12.Cc1ccc2ncccc2c1-c1cc(-c2c(C)noc2C)cc2[nH]c(C3COC3)nc12.Cc1ccc2ncccc2c1-c1cc(-c2c(C)noc2C)cc2nc(C(F)(F)F)n(C)c12.Cc1n[nH]c(C)c1-c1cc(-c2c(C)noc2C)cc2c1nc(C1CC1)n2C.Cc1noc(C)c1-c1cc(-c2ccc(=O)[nH]c2C)c2nc(C3CC3)[nH]c2c1. The Morgan fingerprint density at radius 3 is 1.22 bits per heavy atom. The van der Waals surface area contributed by atoms with Gasteiger partial charge in [0.2, 0.25) is 16.9 Å². The second kappa shape index (κ2) is 36.0. The molecule has 16 heterocycles. The smallest absolute Gasteiger partial charge is 0.380 e. The average molecular weight is 1930 g/mol. The van der Waals surface area contributed by atoms with E-state index in [0.29, 0.717) is 65.0 Å². The highest BCUT2D eigenvalue weighted by Crippen LogP contribution is 2.50. The highest BCUT2D eigenvalue weighted by atomic mass is 19.4. The minimum Gasteiger partial charge on any atom is -0.380 e. The van der Waals surface area contributed by atoms with Gasteiger partial charge in [0.05, 0.1) is 119 Å². The van der Waals surface area contributed by atoms with Crippen LogP contribution >= 0.6 is 0 Å². The standard InChI is InChI=1S/C25H22N4O2.C24H19F3N4O.C21H23N5O.2C21H20N4O2/c1-13-6-7-20-18(5-4-8-26-20)22(13)19-9-16(23-14(2)29-31-15(23)3)10-21-24(19)28-25(27-21)17-11-30-12-17;1-12-7-8-18-16(6-5-9-28-18)20(12)17-10-15(21-13(2)30-32-14(21)3)11-19-22(17)31(4)23(29-19)24(25,26)27;1-10-18(11(2)24-23-10)16-8-15(19-12(3)25-27-13(19)4)9-17-20(16)22-21(26(17)5)14-6-7-14;1-10-9-22-18(26)8-15(10)16-6-14(19-11(2)25-27-12(19)3)7-17-20(16)24-21(23-17)13-4-5-13;1-10-15(6-7-18(26)22-10)16-8-14(19-11(2)25-27-12(19)3)9-17-20(16)24-21(23-17)13-4-5-13/h4-10,17H,11-12H2,1-3H3,(H,27,28);5-11H,1-4H3;8-9,14H,6-7H2,1-5H3,(H,23,24);2*6-9,13H,4-5H2,1-3H3,(H,22,26)(H,23,24). The third kappa shape index (κ3) is 16.8. The molecule has 0 bridgehead atoms. The fraction of sp³-hybridized carbons (Fsp3) is 0.277. The summed E-state index contributed by atoms with van der Waals surface area (Å²) in [5.41, 5.74) is 39.9. The molecule has 726 valence electrons. The summed E-state index contributed by atoms with van der Waals surface area (Å²) in [4.78, 5) is 72.7. The van der Waals surface area contributed by atoms with Gasteiger partial charge in [-0.15, -0.1) is 0 Å². The molecule has 0 amide bonds. The van der Waals surface area contributed by atoms with Crippen molar-refractivity contribution in [2.75, 3.05) is 13.2 Å². The van der Waals surface area contributed by atoms with Crippen molar-refractivity contribution in [1.82, 2.24) is 105 Å². The summed E-state index contributed by atoms with van der Waals surface area (Å²) in [5.74, 6) is 9.07. The van der Waals surface area contributed by atoms with Crippen molar-refractivity contribution in [3.05, 3.63) is 287 Å². The van der Waals surface area contributed by atoms with E-state index in [0.717, 1.165) is 262 Å². The van der Waals surface area contributed by atoms with Crippen LogP contribution in [0.1, 0.15) is 182 Å². The number of H-pyrrole nitrogens is 6. The highest BCUT2D eigenvalue weighted by molar-refractivity contribution is 6.09. The lowest BCUT2D eigenvalue weighted by molar-refractivity contribution is -0.146. The van der Waals surface area contributed by atoms with Gasteiger partial charge in [0.1, 0.15) is 52.1 Å². The van der Waals surface area contributed by atoms with Gasteiger partial charge in [0.15, 0.2) is 0 Å². The minimum absolute atomic E-state index is 0.102.